The second-order valence-electron chi connectivity index (χ2n) is 8.82. The van der Waals surface area contributed by atoms with Gasteiger partial charge in [-0.15, -0.1) is 0 Å². The molecule has 0 aromatic heterocycles. The van der Waals surface area contributed by atoms with E-state index in [1.807, 2.05) is 6.07 Å². The molecule has 1 unspecified atom stereocenters. The third kappa shape index (κ3) is 5.44. The van der Waals surface area contributed by atoms with Crippen molar-refractivity contribution in [2.45, 2.75) is 64.3 Å². The number of nitrogens with one attached hydrogen (secondary N) is 1. The minimum atomic E-state index is -1.19. The summed E-state index contributed by atoms with van der Waals surface area (Å²) in [6.45, 7) is 8.98. The largest absolute Gasteiger partial charge is 0.495 e. The van der Waals surface area contributed by atoms with Gasteiger partial charge in [0.1, 0.15) is 30.2 Å². The topological polar surface area (TPSA) is 116 Å². The molecule has 2 aliphatic rings. The van der Waals surface area contributed by atoms with Gasteiger partial charge in [-0.3, -0.25) is 0 Å². The molecule has 166 valence electrons. The van der Waals surface area contributed by atoms with Crippen LogP contribution in [0.3, 0.4) is 0 Å². The number of hydrogen-bond acceptors (Lipinski definition) is 8. The van der Waals surface area contributed by atoms with Gasteiger partial charge >= 0.3 is 13.2 Å². The summed E-state index contributed by atoms with van der Waals surface area (Å²) in [6, 6.07) is 5.33. The fourth-order valence-corrected chi connectivity index (χ4v) is 3.55. The van der Waals surface area contributed by atoms with Crippen molar-refractivity contribution in [2.75, 3.05) is 19.8 Å². The van der Waals surface area contributed by atoms with Crippen LogP contribution >= 0.6 is 0 Å². The Kier molecular flexibility index (Phi) is 6.64. The quantitative estimate of drug-likeness (QED) is 0.578. The van der Waals surface area contributed by atoms with Crippen LogP contribution < -0.4 is 15.5 Å². The Labute approximate surface area is 176 Å². The van der Waals surface area contributed by atoms with Gasteiger partial charge in [0.2, 0.25) is 0 Å². The lowest BCUT2D eigenvalue weighted by atomic mass is 9.78. The van der Waals surface area contributed by atoms with Crippen molar-refractivity contribution in [3.05, 3.63) is 23.8 Å². The van der Waals surface area contributed by atoms with E-state index >= 15 is 0 Å². The first-order chi connectivity index (χ1) is 14.0. The monoisotopic (exact) mass is 423 g/mol. The van der Waals surface area contributed by atoms with Crippen LogP contribution in [0.1, 0.15) is 46.3 Å². The predicted molar refractivity (Wildman–Crippen MR) is 109 cm³/mol. The van der Waals surface area contributed by atoms with Crippen molar-refractivity contribution < 1.29 is 38.5 Å². The lowest BCUT2D eigenvalue weighted by Crippen LogP contribution is -2.35. The number of amides is 1. The van der Waals surface area contributed by atoms with Crippen LogP contribution in [0.4, 0.5) is 4.79 Å². The molecule has 0 bridgehead atoms. The highest BCUT2D eigenvalue weighted by Gasteiger charge is 2.42. The van der Waals surface area contributed by atoms with E-state index in [2.05, 4.69) is 5.32 Å². The number of carbonyl (C=O) groups excluding carboxylic acids is 1. The number of aliphatic hydroxyl groups is 1. The molecule has 1 amide bonds. The zero-order chi connectivity index (χ0) is 22.1. The van der Waals surface area contributed by atoms with Gasteiger partial charge in [0.25, 0.3) is 0 Å². The van der Waals surface area contributed by atoms with Crippen molar-refractivity contribution in [1.29, 1.82) is 0 Å². The Morgan fingerprint density at radius 1 is 1.27 bits per heavy atom. The number of ether oxygens (including phenoxy) is 4. The molecule has 0 aliphatic carbocycles. The van der Waals surface area contributed by atoms with Gasteiger partial charge in [-0.2, -0.15) is 0 Å². The number of benzene rings is 1. The van der Waals surface area contributed by atoms with E-state index in [4.69, 9.17) is 23.6 Å². The van der Waals surface area contributed by atoms with Crippen LogP contribution in [0, 0.1) is 0 Å². The summed E-state index contributed by atoms with van der Waals surface area (Å²) in [7, 11) is -1.19. The number of carbonyl (C=O) groups is 1. The van der Waals surface area contributed by atoms with Gasteiger partial charge in [-0.05, 0) is 46.2 Å². The maximum atomic E-state index is 11.9. The highest BCUT2D eigenvalue weighted by molar-refractivity contribution is 6.62. The zero-order valence-electron chi connectivity index (χ0n) is 18.0. The Bertz CT molecular complexity index is 766. The van der Waals surface area contributed by atoms with Gasteiger partial charge in [0.05, 0.1) is 12.7 Å². The zero-order valence-corrected chi connectivity index (χ0v) is 18.0. The van der Waals surface area contributed by atoms with Crippen molar-refractivity contribution in [2.24, 2.45) is 0 Å². The molecule has 3 atom stereocenters. The molecule has 2 aliphatic heterocycles. The second-order valence-corrected chi connectivity index (χ2v) is 8.82. The van der Waals surface area contributed by atoms with E-state index in [9.17, 15) is 14.9 Å². The van der Waals surface area contributed by atoms with Gasteiger partial charge in [-0.1, -0.05) is 12.1 Å². The molecule has 3 rings (SSSR count). The molecule has 1 aromatic carbocycles. The minimum Gasteiger partial charge on any atom is -0.491 e. The standard InChI is InChI=1S/C20H30BNO8/c1-19(2,3)29-18(24)22-9-14-12-7-6-8-13(17(12)21(25)30-14)26-11-16-15(10-23)27-20(4,5)28-16/h6-8,14-16,23,25H,9-11H2,1-5H3,(H,22,24)/t14?,15-,16-/m0/s1. The Morgan fingerprint density at radius 2 is 1.97 bits per heavy atom. The molecule has 0 spiro atoms. The Morgan fingerprint density at radius 3 is 2.63 bits per heavy atom. The highest BCUT2D eigenvalue weighted by Crippen LogP contribution is 2.30. The average molecular weight is 423 g/mol. The number of hydrogen-bond donors (Lipinski definition) is 3. The Hall–Kier alpha value is -1.85. The summed E-state index contributed by atoms with van der Waals surface area (Å²) in [4.78, 5) is 11.9. The number of alkyl carbamates (subject to hydrolysis) is 1. The third-order valence-corrected chi connectivity index (χ3v) is 4.69. The van der Waals surface area contributed by atoms with Crippen molar-refractivity contribution >= 4 is 18.7 Å². The first-order valence-corrected chi connectivity index (χ1v) is 10.0. The molecular formula is C20H30BNO8. The molecule has 10 heteroatoms. The predicted octanol–water partition coefficient (Wildman–Crippen LogP) is 0.861. The Balaban J connectivity index is 1.65. The summed E-state index contributed by atoms with van der Waals surface area (Å²) < 4.78 is 28.2. The van der Waals surface area contributed by atoms with Crippen LogP contribution in [-0.2, 0) is 18.9 Å². The first-order valence-electron chi connectivity index (χ1n) is 10.0. The number of rotatable bonds is 6. The van der Waals surface area contributed by atoms with E-state index < -0.39 is 42.9 Å². The average Bonchev–Trinajstić information content (AvgIpc) is 3.12. The van der Waals surface area contributed by atoms with E-state index in [1.54, 1.807) is 46.8 Å². The normalized spacial score (nSPS) is 25.2. The van der Waals surface area contributed by atoms with E-state index in [1.165, 1.54) is 0 Å². The molecular weight excluding hydrogens is 393 g/mol. The molecule has 3 N–H and O–H groups in total. The smallest absolute Gasteiger partial charge is 0.491 e. The summed E-state index contributed by atoms with van der Waals surface area (Å²) in [5, 5.41) is 22.6. The van der Waals surface area contributed by atoms with Crippen LogP contribution in [0.25, 0.3) is 0 Å². The molecule has 9 nitrogen and oxygen atoms in total. The van der Waals surface area contributed by atoms with Gasteiger partial charge in [0.15, 0.2) is 5.79 Å². The first kappa shape index (κ1) is 22.8. The fourth-order valence-electron chi connectivity index (χ4n) is 3.55. The van der Waals surface area contributed by atoms with Gasteiger partial charge in [0, 0.05) is 12.0 Å². The molecule has 1 saturated heterocycles. The molecule has 30 heavy (non-hydrogen) atoms. The molecule has 0 saturated carbocycles. The van der Waals surface area contributed by atoms with Crippen molar-refractivity contribution in [3.63, 3.8) is 0 Å². The maximum absolute atomic E-state index is 11.9. The highest BCUT2D eigenvalue weighted by atomic mass is 16.8. The second kappa shape index (κ2) is 8.72. The third-order valence-electron chi connectivity index (χ3n) is 4.69. The lowest BCUT2D eigenvalue weighted by Gasteiger charge is -2.21. The minimum absolute atomic E-state index is 0.138. The lowest BCUT2D eigenvalue weighted by molar-refractivity contribution is -0.150. The van der Waals surface area contributed by atoms with Gasteiger partial charge < -0.3 is 39.0 Å². The summed E-state index contributed by atoms with van der Waals surface area (Å²) in [6.07, 6.45) is -2.05. The van der Waals surface area contributed by atoms with Crippen molar-refractivity contribution in [3.8, 4) is 5.75 Å². The van der Waals surface area contributed by atoms with Crippen LogP contribution in [-0.4, -0.2) is 66.7 Å². The van der Waals surface area contributed by atoms with Crippen molar-refractivity contribution in [1.82, 2.24) is 5.32 Å². The summed E-state index contributed by atoms with van der Waals surface area (Å²) in [5.74, 6) is -0.356. The van der Waals surface area contributed by atoms with E-state index in [0.29, 0.717) is 11.2 Å². The molecule has 1 fully saturated rings. The number of aliphatic hydroxyl groups excluding tert-OH is 1. The fraction of sp³-hybridized carbons (Fsp3) is 0.650. The van der Waals surface area contributed by atoms with E-state index in [0.717, 1.165) is 5.56 Å². The number of fused-ring (bicyclic) bond motifs is 1. The molecule has 0 radical (unpaired) electrons. The molecule has 2 heterocycles. The van der Waals surface area contributed by atoms with E-state index in [-0.39, 0.29) is 19.8 Å². The molecule has 1 aromatic rings. The maximum Gasteiger partial charge on any atom is 0.495 e. The van der Waals surface area contributed by atoms with Crippen LogP contribution in [0.2, 0.25) is 0 Å². The van der Waals surface area contributed by atoms with Gasteiger partial charge in [-0.25, -0.2) is 4.79 Å². The summed E-state index contributed by atoms with van der Waals surface area (Å²) >= 11 is 0. The van der Waals surface area contributed by atoms with Crippen LogP contribution in [0.5, 0.6) is 5.75 Å². The van der Waals surface area contributed by atoms with Crippen LogP contribution in [0.15, 0.2) is 18.2 Å². The summed E-state index contributed by atoms with van der Waals surface area (Å²) in [5.41, 5.74) is 0.623. The SMILES string of the molecule is CC(C)(C)OC(=O)NCC1OB(O)c2c(OC[C@@H]3OC(C)(C)O[C@H]3CO)cccc21.